The van der Waals surface area contributed by atoms with Crippen LogP contribution < -0.4 is 5.32 Å². The van der Waals surface area contributed by atoms with Crippen molar-refractivity contribution in [2.45, 2.75) is 37.4 Å². The summed E-state index contributed by atoms with van der Waals surface area (Å²) in [4.78, 5) is 11.1. The van der Waals surface area contributed by atoms with Crippen LogP contribution in [-0.4, -0.2) is 26.4 Å². The second-order valence-corrected chi connectivity index (χ2v) is 7.62. The summed E-state index contributed by atoms with van der Waals surface area (Å²) < 4.78 is 66.6. The Morgan fingerprint density at radius 3 is 2.14 bits per heavy atom. The van der Waals surface area contributed by atoms with E-state index in [0.717, 1.165) is 18.4 Å². The number of ether oxygens (including phenoxy) is 1. The van der Waals surface area contributed by atoms with Crippen molar-refractivity contribution in [3.63, 3.8) is 0 Å². The van der Waals surface area contributed by atoms with E-state index in [2.05, 4.69) is 0 Å². The van der Waals surface area contributed by atoms with Gasteiger partial charge in [-0.25, -0.2) is 13.2 Å². The number of benzene rings is 1. The maximum atomic E-state index is 13.0. The SMILES string of the molecule is CC(C)(C)OC(=O)Nc1ccc(S(C)(=O)=O)cc1C(F)(F)F. The number of hydrogen-bond acceptors (Lipinski definition) is 4. The lowest BCUT2D eigenvalue weighted by Crippen LogP contribution is -2.28. The first-order chi connectivity index (χ1) is 9.70. The number of hydrogen-bond donors (Lipinski definition) is 1. The summed E-state index contributed by atoms with van der Waals surface area (Å²) in [6, 6.07) is 2.34. The lowest BCUT2D eigenvalue weighted by Gasteiger charge is -2.21. The van der Waals surface area contributed by atoms with Crippen molar-refractivity contribution in [1.82, 2.24) is 0 Å². The molecule has 0 aliphatic heterocycles. The molecule has 1 amide bonds. The van der Waals surface area contributed by atoms with Crippen LogP contribution in [0.5, 0.6) is 0 Å². The molecule has 0 radical (unpaired) electrons. The highest BCUT2D eigenvalue weighted by Gasteiger charge is 2.35. The molecular formula is C13H16F3NO4S. The normalized spacial score (nSPS) is 12.9. The van der Waals surface area contributed by atoms with Crippen LogP contribution in [0.3, 0.4) is 0 Å². The lowest BCUT2D eigenvalue weighted by molar-refractivity contribution is -0.137. The van der Waals surface area contributed by atoms with E-state index in [1.807, 2.05) is 5.32 Å². The number of halogens is 3. The van der Waals surface area contributed by atoms with Gasteiger partial charge in [0.25, 0.3) is 0 Å². The summed E-state index contributed by atoms with van der Waals surface area (Å²) >= 11 is 0. The highest BCUT2D eigenvalue weighted by molar-refractivity contribution is 7.90. The Balaban J connectivity index is 3.23. The van der Waals surface area contributed by atoms with Gasteiger partial charge in [-0.15, -0.1) is 0 Å². The highest BCUT2D eigenvalue weighted by atomic mass is 32.2. The third kappa shape index (κ3) is 5.21. The van der Waals surface area contributed by atoms with Gasteiger partial charge in [-0.3, -0.25) is 5.32 Å². The fourth-order valence-corrected chi connectivity index (χ4v) is 2.16. The average molecular weight is 339 g/mol. The van der Waals surface area contributed by atoms with Crippen molar-refractivity contribution in [3.05, 3.63) is 23.8 Å². The number of sulfone groups is 1. The minimum Gasteiger partial charge on any atom is -0.444 e. The second-order valence-electron chi connectivity index (χ2n) is 5.60. The van der Waals surface area contributed by atoms with Crippen LogP contribution in [0.4, 0.5) is 23.7 Å². The van der Waals surface area contributed by atoms with Crippen LogP contribution in [-0.2, 0) is 20.8 Å². The van der Waals surface area contributed by atoms with Gasteiger partial charge in [-0.05, 0) is 39.0 Å². The Labute approximate surface area is 126 Å². The van der Waals surface area contributed by atoms with Gasteiger partial charge < -0.3 is 4.74 Å². The van der Waals surface area contributed by atoms with E-state index in [1.54, 1.807) is 20.8 Å². The molecule has 5 nitrogen and oxygen atoms in total. The van der Waals surface area contributed by atoms with E-state index >= 15 is 0 Å². The smallest absolute Gasteiger partial charge is 0.418 e. The molecule has 1 aromatic rings. The molecule has 124 valence electrons. The van der Waals surface area contributed by atoms with Crippen molar-refractivity contribution in [1.29, 1.82) is 0 Å². The van der Waals surface area contributed by atoms with Crippen LogP contribution >= 0.6 is 0 Å². The monoisotopic (exact) mass is 339 g/mol. The fourth-order valence-electron chi connectivity index (χ4n) is 1.51. The van der Waals surface area contributed by atoms with Gasteiger partial charge in [0.15, 0.2) is 9.84 Å². The van der Waals surface area contributed by atoms with Crippen molar-refractivity contribution < 1.29 is 31.1 Å². The van der Waals surface area contributed by atoms with E-state index in [4.69, 9.17) is 4.74 Å². The second kappa shape index (κ2) is 5.79. The Hall–Kier alpha value is -1.77. The summed E-state index contributed by atoms with van der Waals surface area (Å²) in [5.74, 6) is 0. The van der Waals surface area contributed by atoms with E-state index in [1.165, 1.54) is 0 Å². The molecule has 0 aliphatic rings. The Morgan fingerprint density at radius 2 is 1.73 bits per heavy atom. The average Bonchev–Trinajstić information content (AvgIpc) is 2.23. The summed E-state index contributed by atoms with van der Waals surface area (Å²) in [5, 5.41) is 1.98. The van der Waals surface area contributed by atoms with Gasteiger partial charge in [-0.2, -0.15) is 13.2 Å². The molecule has 0 unspecified atom stereocenters. The summed E-state index contributed by atoms with van der Waals surface area (Å²) in [6.07, 6.45) is -5.10. The highest BCUT2D eigenvalue weighted by Crippen LogP contribution is 2.36. The zero-order chi connectivity index (χ0) is 17.3. The van der Waals surface area contributed by atoms with E-state index in [0.29, 0.717) is 6.07 Å². The molecule has 0 saturated heterocycles. The Kier molecular flexibility index (Phi) is 4.81. The molecule has 0 heterocycles. The first-order valence-corrected chi connectivity index (χ1v) is 8.00. The quantitative estimate of drug-likeness (QED) is 0.896. The van der Waals surface area contributed by atoms with E-state index in [9.17, 15) is 26.4 Å². The number of amides is 1. The Bertz CT molecular complexity index is 676. The molecule has 0 spiro atoms. The largest absolute Gasteiger partial charge is 0.444 e. The predicted molar refractivity (Wildman–Crippen MR) is 74.4 cm³/mol. The molecule has 9 heteroatoms. The van der Waals surface area contributed by atoms with E-state index in [-0.39, 0.29) is 0 Å². The van der Waals surface area contributed by atoms with Gasteiger partial charge in [0.05, 0.1) is 16.1 Å². The minimum atomic E-state index is -4.83. The van der Waals surface area contributed by atoms with Crippen LogP contribution in [0.15, 0.2) is 23.1 Å². The van der Waals surface area contributed by atoms with Gasteiger partial charge in [0.1, 0.15) is 5.60 Å². The molecule has 0 saturated carbocycles. The van der Waals surface area contributed by atoms with E-state index < -0.39 is 43.9 Å². The third-order valence-corrected chi connectivity index (χ3v) is 3.47. The third-order valence-electron chi connectivity index (χ3n) is 2.36. The zero-order valence-corrected chi connectivity index (χ0v) is 13.2. The summed E-state index contributed by atoms with van der Waals surface area (Å²) in [7, 11) is -3.80. The van der Waals surface area contributed by atoms with Crippen LogP contribution in [0.25, 0.3) is 0 Å². The number of alkyl halides is 3. The van der Waals surface area contributed by atoms with Crippen LogP contribution in [0.2, 0.25) is 0 Å². The number of carbonyl (C=O) groups excluding carboxylic acids is 1. The maximum absolute atomic E-state index is 13.0. The number of anilines is 1. The zero-order valence-electron chi connectivity index (χ0n) is 12.4. The molecule has 1 aromatic carbocycles. The molecular weight excluding hydrogens is 323 g/mol. The van der Waals surface area contributed by atoms with Crippen molar-refractivity contribution in [2.24, 2.45) is 0 Å². The first kappa shape index (κ1) is 18.3. The van der Waals surface area contributed by atoms with Gasteiger partial charge in [0, 0.05) is 6.26 Å². The minimum absolute atomic E-state index is 0.474. The number of rotatable bonds is 2. The number of nitrogens with one attached hydrogen (secondary N) is 1. The molecule has 1 rings (SSSR count). The maximum Gasteiger partial charge on any atom is 0.418 e. The van der Waals surface area contributed by atoms with Gasteiger partial charge in [0.2, 0.25) is 0 Å². The molecule has 0 fully saturated rings. The number of carbonyl (C=O) groups is 1. The standard InChI is InChI=1S/C13H16F3NO4S/c1-12(2,3)21-11(18)17-10-6-5-8(22(4,19)20)7-9(10)13(14,15)16/h5-7H,1-4H3,(H,17,18). The van der Waals surface area contributed by atoms with Crippen molar-refractivity contribution >= 4 is 21.6 Å². The van der Waals surface area contributed by atoms with Gasteiger partial charge >= 0.3 is 12.3 Å². The molecule has 0 aliphatic carbocycles. The molecule has 0 atom stereocenters. The van der Waals surface area contributed by atoms with Crippen molar-refractivity contribution in [3.8, 4) is 0 Å². The Morgan fingerprint density at radius 1 is 1.18 bits per heavy atom. The van der Waals surface area contributed by atoms with Crippen LogP contribution in [0, 0.1) is 0 Å². The topological polar surface area (TPSA) is 72.5 Å². The molecule has 0 bridgehead atoms. The summed E-state index contributed by atoms with van der Waals surface area (Å²) in [5.41, 5.74) is -2.72. The molecule has 1 N–H and O–H groups in total. The molecule has 22 heavy (non-hydrogen) atoms. The van der Waals surface area contributed by atoms with Gasteiger partial charge in [-0.1, -0.05) is 0 Å². The lowest BCUT2D eigenvalue weighted by atomic mass is 10.1. The first-order valence-electron chi connectivity index (χ1n) is 6.11. The summed E-state index contributed by atoms with van der Waals surface area (Å²) in [6.45, 7) is 4.68. The fraction of sp³-hybridized carbons (Fsp3) is 0.462. The van der Waals surface area contributed by atoms with Crippen LogP contribution in [0.1, 0.15) is 26.3 Å². The molecule has 0 aromatic heterocycles. The predicted octanol–water partition coefficient (Wildman–Crippen LogP) is 3.46. The van der Waals surface area contributed by atoms with Crippen molar-refractivity contribution in [2.75, 3.05) is 11.6 Å².